The fourth-order valence-electron chi connectivity index (χ4n) is 3.92. The molecule has 2 N–H and O–H groups in total. The van der Waals surface area contributed by atoms with E-state index in [1.165, 1.54) is 24.8 Å². The van der Waals surface area contributed by atoms with Crippen LogP contribution in [0.3, 0.4) is 0 Å². The largest absolute Gasteiger partial charge is 0.353 e. The molecule has 2 atom stereocenters. The summed E-state index contributed by atoms with van der Waals surface area (Å²) in [6, 6.07) is 4.46. The molecule has 0 aliphatic heterocycles. The molecule has 1 aromatic carbocycles. The van der Waals surface area contributed by atoms with Crippen molar-refractivity contribution in [3.63, 3.8) is 0 Å². The lowest BCUT2D eigenvalue weighted by Crippen LogP contribution is -2.37. The van der Waals surface area contributed by atoms with E-state index in [1.807, 2.05) is 13.8 Å². The van der Waals surface area contributed by atoms with E-state index in [1.54, 1.807) is 0 Å². The minimum atomic E-state index is -0.173. The summed E-state index contributed by atoms with van der Waals surface area (Å²) in [5.41, 5.74) is 4.23. The van der Waals surface area contributed by atoms with Gasteiger partial charge in [0.15, 0.2) is 0 Å². The first-order chi connectivity index (χ1) is 11.5. The molecule has 2 saturated carbocycles. The predicted octanol–water partition coefficient (Wildman–Crippen LogP) is 3.64. The van der Waals surface area contributed by atoms with Crippen LogP contribution in [0.4, 0.5) is 5.69 Å². The number of hydrogen-bond donors (Lipinski definition) is 2. The lowest BCUT2D eigenvalue weighted by atomic mass is 9.95. The second-order valence-electron chi connectivity index (χ2n) is 7.56. The van der Waals surface area contributed by atoms with Crippen LogP contribution in [-0.4, -0.2) is 17.9 Å². The zero-order chi connectivity index (χ0) is 17.3. The van der Waals surface area contributed by atoms with Gasteiger partial charge in [-0.15, -0.1) is 0 Å². The highest BCUT2D eigenvalue weighted by molar-refractivity contribution is 6.00. The monoisotopic (exact) mass is 328 g/mol. The van der Waals surface area contributed by atoms with Gasteiger partial charge in [0.1, 0.15) is 0 Å². The standard InChI is InChI=1S/C20H28N2O2/c1-12-9-13(2)18(14(3)10-12)22-20(24)17-11-16(17)19(23)21-15-7-5-4-6-8-15/h9-10,15-17H,4-8,11H2,1-3H3,(H,21,23)(H,22,24). The van der Waals surface area contributed by atoms with Gasteiger partial charge in [-0.25, -0.2) is 0 Å². The zero-order valence-corrected chi connectivity index (χ0v) is 14.9. The fourth-order valence-corrected chi connectivity index (χ4v) is 3.92. The Balaban J connectivity index is 1.55. The molecule has 0 heterocycles. The second-order valence-corrected chi connectivity index (χ2v) is 7.56. The van der Waals surface area contributed by atoms with Gasteiger partial charge in [-0.2, -0.15) is 0 Å². The summed E-state index contributed by atoms with van der Waals surface area (Å²) < 4.78 is 0. The summed E-state index contributed by atoms with van der Waals surface area (Å²) in [5, 5.41) is 6.18. The van der Waals surface area contributed by atoms with Gasteiger partial charge in [-0.05, 0) is 51.2 Å². The quantitative estimate of drug-likeness (QED) is 0.886. The van der Waals surface area contributed by atoms with Crippen molar-refractivity contribution in [3.8, 4) is 0 Å². The minimum Gasteiger partial charge on any atom is -0.353 e. The average molecular weight is 328 g/mol. The molecule has 3 rings (SSSR count). The van der Waals surface area contributed by atoms with Crippen LogP contribution in [-0.2, 0) is 9.59 Å². The van der Waals surface area contributed by atoms with E-state index in [2.05, 4.69) is 29.7 Å². The summed E-state index contributed by atoms with van der Waals surface area (Å²) >= 11 is 0. The van der Waals surface area contributed by atoms with Crippen LogP contribution in [0.5, 0.6) is 0 Å². The molecule has 0 bridgehead atoms. The van der Waals surface area contributed by atoms with Gasteiger partial charge in [-0.1, -0.05) is 37.0 Å². The van der Waals surface area contributed by atoms with Crippen LogP contribution in [0.1, 0.15) is 55.2 Å². The van der Waals surface area contributed by atoms with Crippen molar-refractivity contribution in [2.45, 2.75) is 65.3 Å². The molecule has 24 heavy (non-hydrogen) atoms. The number of nitrogens with one attached hydrogen (secondary N) is 2. The fraction of sp³-hybridized carbons (Fsp3) is 0.600. The van der Waals surface area contributed by atoms with E-state index in [0.717, 1.165) is 29.7 Å². The Morgan fingerprint density at radius 1 is 0.917 bits per heavy atom. The maximum atomic E-state index is 12.5. The number of aryl methyl sites for hydroxylation is 3. The van der Waals surface area contributed by atoms with Gasteiger partial charge in [0.2, 0.25) is 11.8 Å². The van der Waals surface area contributed by atoms with Crippen LogP contribution in [0, 0.1) is 32.6 Å². The Morgan fingerprint density at radius 3 is 2.12 bits per heavy atom. The van der Waals surface area contributed by atoms with Crippen LogP contribution in [0.25, 0.3) is 0 Å². The molecular weight excluding hydrogens is 300 g/mol. The molecule has 2 fully saturated rings. The van der Waals surface area contributed by atoms with Crippen LogP contribution in [0.2, 0.25) is 0 Å². The van der Waals surface area contributed by atoms with Crippen molar-refractivity contribution in [2.75, 3.05) is 5.32 Å². The number of rotatable bonds is 4. The Morgan fingerprint density at radius 2 is 1.50 bits per heavy atom. The third kappa shape index (κ3) is 3.80. The first kappa shape index (κ1) is 17.0. The van der Waals surface area contributed by atoms with Gasteiger partial charge < -0.3 is 10.6 Å². The topological polar surface area (TPSA) is 58.2 Å². The molecule has 0 spiro atoms. The van der Waals surface area contributed by atoms with E-state index in [-0.39, 0.29) is 23.7 Å². The molecule has 0 radical (unpaired) electrons. The Bertz CT molecular complexity index is 624. The molecule has 1 aromatic rings. The molecule has 0 saturated heterocycles. The highest BCUT2D eigenvalue weighted by atomic mass is 16.2. The van der Waals surface area contributed by atoms with Crippen molar-refractivity contribution in [1.29, 1.82) is 0 Å². The van der Waals surface area contributed by atoms with Gasteiger partial charge in [0, 0.05) is 11.7 Å². The van der Waals surface area contributed by atoms with E-state index in [9.17, 15) is 9.59 Å². The van der Waals surface area contributed by atoms with Crippen molar-refractivity contribution in [1.82, 2.24) is 5.32 Å². The van der Waals surface area contributed by atoms with E-state index in [4.69, 9.17) is 0 Å². The van der Waals surface area contributed by atoms with E-state index >= 15 is 0 Å². The molecule has 2 amide bonds. The Kier molecular flexibility index (Phi) is 4.93. The number of carbonyl (C=O) groups excluding carboxylic acids is 2. The minimum absolute atomic E-state index is 0.0196. The summed E-state index contributed by atoms with van der Waals surface area (Å²) in [5.74, 6) is -0.264. The highest BCUT2D eigenvalue weighted by Gasteiger charge is 2.48. The molecule has 4 heteroatoms. The number of amides is 2. The van der Waals surface area contributed by atoms with Gasteiger partial charge in [-0.3, -0.25) is 9.59 Å². The number of carbonyl (C=O) groups is 2. The first-order valence-electron chi connectivity index (χ1n) is 9.15. The molecule has 2 aliphatic rings. The van der Waals surface area contributed by atoms with Crippen molar-refractivity contribution < 1.29 is 9.59 Å². The predicted molar refractivity (Wildman–Crippen MR) is 95.9 cm³/mol. The number of anilines is 1. The normalized spacial score (nSPS) is 23.6. The van der Waals surface area contributed by atoms with Crippen molar-refractivity contribution >= 4 is 17.5 Å². The average Bonchev–Trinajstić information content (AvgIpc) is 3.32. The van der Waals surface area contributed by atoms with Crippen LogP contribution < -0.4 is 10.6 Å². The van der Waals surface area contributed by atoms with Gasteiger partial charge in [0.05, 0.1) is 11.8 Å². The van der Waals surface area contributed by atoms with Crippen LogP contribution >= 0.6 is 0 Å². The molecule has 2 unspecified atom stereocenters. The maximum absolute atomic E-state index is 12.5. The van der Waals surface area contributed by atoms with Crippen LogP contribution in [0.15, 0.2) is 12.1 Å². The molecular formula is C20H28N2O2. The van der Waals surface area contributed by atoms with Gasteiger partial charge in [0.25, 0.3) is 0 Å². The van der Waals surface area contributed by atoms with E-state index < -0.39 is 0 Å². The number of hydrogen-bond acceptors (Lipinski definition) is 2. The second kappa shape index (κ2) is 6.96. The van der Waals surface area contributed by atoms with Crippen molar-refractivity contribution in [2.24, 2.45) is 11.8 Å². The first-order valence-corrected chi connectivity index (χ1v) is 9.15. The molecule has 2 aliphatic carbocycles. The third-order valence-electron chi connectivity index (χ3n) is 5.34. The summed E-state index contributed by atoms with van der Waals surface area (Å²) in [6.07, 6.45) is 6.51. The zero-order valence-electron chi connectivity index (χ0n) is 14.9. The van der Waals surface area contributed by atoms with Crippen molar-refractivity contribution in [3.05, 3.63) is 28.8 Å². The Hall–Kier alpha value is -1.84. The number of benzene rings is 1. The maximum Gasteiger partial charge on any atom is 0.228 e. The van der Waals surface area contributed by atoms with E-state index in [0.29, 0.717) is 12.5 Å². The summed E-state index contributed by atoms with van der Waals surface area (Å²) in [7, 11) is 0. The molecule has 0 aromatic heterocycles. The van der Waals surface area contributed by atoms with Gasteiger partial charge >= 0.3 is 0 Å². The third-order valence-corrected chi connectivity index (χ3v) is 5.34. The summed E-state index contributed by atoms with van der Waals surface area (Å²) in [6.45, 7) is 6.07. The highest BCUT2D eigenvalue weighted by Crippen LogP contribution is 2.40. The molecule has 130 valence electrons. The SMILES string of the molecule is Cc1cc(C)c(NC(=O)C2CC2C(=O)NC2CCCCC2)c(C)c1. The molecule has 4 nitrogen and oxygen atoms in total. The lowest BCUT2D eigenvalue weighted by Gasteiger charge is -2.22. The smallest absolute Gasteiger partial charge is 0.228 e. The Labute approximate surface area is 144 Å². The summed E-state index contributed by atoms with van der Waals surface area (Å²) in [4.78, 5) is 24.8. The lowest BCUT2D eigenvalue weighted by molar-refractivity contribution is -0.126.